The molecule has 1 unspecified atom stereocenters. The fourth-order valence-corrected chi connectivity index (χ4v) is 3.17. The van der Waals surface area contributed by atoms with E-state index < -0.39 is 0 Å². The molecule has 0 aliphatic carbocycles. The van der Waals surface area contributed by atoms with E-state index in [4.69, 9.17) is 11.6 Å². The molecular weight excluding hydrogens is 352 g/mol. The van der Waals surface area contributed by atoms with E-state index in [1.807, 2.05) is 48.2 Å². The van der Waals surface area contributed by atoms with Crippen LogP contribution in [0, 0.1) is 0 Å². The van der Waals surface area contributed by atoms with Gasteiger partial charge in [0.15, 0.2) is 0 Å². The number of piperazine rings is 1. The molecule has 0 spiro atoms. The predicted octanol–water partition coefficient (Wildman–Crippen LogP) is 3.16. The number of nitrogens with zero attached hydrogens (tertiary/aromatic N) is 1. The fraction of sp³-hybridized carbons (Fsp3) is 0.263. The van der Waals surface area contributed by atoms with Crippen LogP contribution in [0.3, 0.4) is 0 Å². The SMILES string of the molecule is CC(NC(=O)Nc1ccc(N2CCNC(=O)C2)c(Cl)c1)c1ccccc1. The van der Waals surface area contributed by atoms with Crippen molar-refractivity contribution in [1.29, 1.82) is 0 Å². The van der Waals surface area contributed by atoms with E-state index in [0.29, 0.717) is 23.8 Å². The lowest BCUT2D eigenvalue weighted by Crippen LogP contribution is -2.47. The van der Waals surface area contributed by atoms with Crippen LogP contribution in [0.25, 0.3) is 0 Å². The molecule has 1 aliphatic heterocycles. The third kappa shape index (κ3) is 4.46. The van der Waals surface area contributed by atoms with Crippen molar-refractivity contribution in [3.05, 3.63) is 59.1 Å². The summed E-state index contributed by atoms with van der Waals surface area (Å²) in [5, 5.41) is 8.96. The van der Waals surface area contributed by atoms with Gasteiger partial charge in [-0.15, -0.1) is 0 Å². The fourth-order valence-electron chi connectivity index (χ4n) is 2.87. The molecule has 1 fully saturated rings. The van der Waals surface area contributed by atoms with Crippen LogP contribution in [-0.4, -0.2) is 31.6 Å². The molecule has 3 N–H and O–H groups in total. The number of carbonyl (C=O) groups excluding carboxylic acids is 2. The number of hydrogen-bond acceptors (Lipinski definition) is 3. The molecule has 136 valence electrons. The van der Waals surface area contributed by atoms with Gasteiger partial charge in [-0.1, -0.05) is 41.9 Å². The lowest BCUT2D eigenvalue weighted by Gasteiger charge is -2.29. The molecule has 0 aromatic heterocycles. The van der Waals surface area contributed by atoms with Crippen LogP contribution in [0.5, 0.6) is 0 Å². The first-order valence-corrected chi connectivity index (χ1v) is 8.84. The number of carbonyl (C=O) groups is 2. The first kappa shape index (κ1) is 18.1. The minimum atomic E-state index is -0.303. The molecule has 0 bridgehead atoms. The van der Waals surface area contributed by atoms with E-state index in [1.165, 1.54) is 0 Å². The van der Waals surface area contributed by atoms with Crippen LogP contribution < -0.4 is 20.9 Å². The summed E-state index contributed by atoms with van der Waals surface area (Å²) in [6.45, 7) is 3.50. The molecule has 1 aliphatic rings. The van der Waals surface area contributed by atoms with Gasteiger partial charge in [0.1, 0.15) is 0 Å². The van der Waals surface area contributed by atoms with Gasteiger partial charge in [0.2, 0.25) is 5.91 Å². The Morgan fingerprint density at radius 1 is 1.23 bits per heavy atom. The van der Waals surface area contributed by atoms with Gasteiger partial charge in [-0.05, 0) is 30.7 Å². The molecule has 1 saturated heterocycles. The average Bonchev–Trinajstić information content (AvgIpc) is 2.62. The maximum absolute atomic E-state index is 12.2. The maximum Gasteiger partial charge on any atom is 0.319 e. The number of benzene rings is 2. The van der Waals surface area contributed by atoms with Crippen molar-refractivity contribution in [2.45, 2.75) is 13.0 Å². The highest BCUT2D eigenvalue weighted by Gasteiger charge is 2.19. The van der Waals surface area contributed by atoms with Crippen LogP contribution in [0.15, 0.2) is 48.5 Å². The van der Waals surface area contributed by atoms with Gasteiger partial charge in [0, 0.05) is 18.8 Å². The molecule has 1 atom stereocenters. The Morgan fingerprint density at radius 3 is 2.69 bits per heavy atom. The Balaban J connectivity index is 1.62. The third-order valence-corrected chi connectivity index (χ3v) is 4.53. The van der Waals surface area contributed by atoms with E-state index in [9.17, 15) is 9.59 Å². The van der Waals surface area contributed by atoms with E-state index >= 15 is 0 Å². The summed E-state index contributed by atoms with van der Waals surface area (Å²) in [5.74, 6) is -0.0243. The summed E-state index contributed by atoms with van der Waals surface area (Å²) in [6, 6.07) is 14.6. The van der Waals surface area contributed by atoms with Crippen molar-refractivity contribution in [1.82, 2.24) is 10.6 Å². The number of halogens is 1. The highest BCUT2D eigenvalue weighted by atomic mass is 35.5. The smallest absolute Gasteiger partial charge is 0.319 e. The van der Waals surface area contributed by atoms with Gasteiger partial charge in [-0.2, -0.15) is 0 Å². The first-order chi connectivity index (χ1) is 12.5. The molecular formula is C19H21ClN4O2. The van der Waals surface area contributed by atoms with E-state index in [-0.39, 0.29) is 24.5 Å². The zero-order valence-corrected chi connectivity index (χ0v) is 15.2. The van der Waals surface area contributed by atoms with Crippen molar-refractivity contribution in [3.63, 3.8) is 0 Å². The van der Waals surface area contributed by atoms with Crippen LogP contribution in [0.1, 0.15) is 18.5 Å². The summed E-state index contributed by atoms with van der Waals surface area (Å²) in [7, 11) is 0. The quantitative estimate of drug-likeness (QED) is 0.771. The van der Waals surface area contributed by atoms with Gasteiger partial charge < -0.3 is 20.9 Å². The lowest BCUT2D eigenvalue weighted by molar-refractivity contribution is -0.120. The number of anilines is 2. The number of nitrogens with one attached hydrogen (secondary N) is 3. The van der Waals surface area contributed by atoms with Crippen LogP contribution in [0.2, 0.25) is 5.02 Å². The minimum absolute atomic E-state index is 0.0243. The number of amides is 3. The zero-order valence-electron chi connectivity index (χ0n) is 14.5. The molecule has 6 nitrogen and oxygen atoms in total. The van der Waals surface area contributed by atoms with Gasteiger partial charge in [-0.25, -0.2) is 4.79 Å². The van der Waals surface area contributed by atoms with Crippen molar-refractivity contribution in [2.75, 3.05) is 29.9 Å². The monoisotopic (exact) mass is 372 g/mol. The topological polar surface area (TPSA) is 73.5 Å². The van der Waals surface area contributed by atoms with Crippen molar-refractivity contribution < 1.29 is 9.59 Å². The minimum Gasteiger partial charge on any atom is -0.359 e. The Bertz CT molecular complexity index is 797. The highest BCUT2D eigenvalue weighted by Crippen LogP contribution is 2.29. The Hall–Kier alpha value is -2.73. The van der Waals surface area contributed by atoms with Gasteiger partial charge in [-0.3, -0.25) is 4.79 Å². The normalized spacial score (nSPS) is 15.2. The van der Waals surface area contributed by atoms with E-state index in [2.05, 4.69) is 16.0 Å². The Morgan fingerprint density at radius 2 is 2.00 bits per heavy atom. The van der Waals surface area contributed by atoms with Gasteiger partial charge in [0.25, 0.3) is 0 Å². The zero-order chi connectivity index (χ0) is 18.5. The largest absolute Gasteiger partial charge is 0.359 e. The summed E-state index contributed by atoms with van der Waals surface area (Å²) < 4.78 is 0. The number of rotatable bonds is 4. The number of hydrogen-bond donors (Lipinski definition) is 3. The summed E-state index contributed by atoms with van der Waals surface area (Å²) in [5.41, 5.74) is 2.41. The molecule has 26 heavy (non-hydrogen) atoms. The molecule has 7 heteroatoms. The van der Waals surface area contributed by atoms with Crippen LogP contribution >= 0.6 is 11.6 Å². The Labute approximate surface area is 157 Å². The molecule has 3 rings (SSSR count). The maximum atomic E-state index is 12.2. The lowest BCUT2D eigenvalue weighted by atomic mass is 10.1. The Kier molecular flexibility index (Phi) is 5.63. The summed E-state index contributed by atoms with van der Waals surface area (Å²) >= 11 is 6.35. The van der Waals surface area contributed by atoms with Crippen LogP contribution in [-0.2, 0) is 4.79 Å². The van der Waals surface area contributed by atoms with Crippen LogP contribution in [0.4, 0.5) is 16.2 Å². The number of urea groups is 1. The first-order valence-electron chi connectivity index (χ1n) is 8.46. The highest BCUT2D eigenvalue weighted by molar-refractivity contribution is 6.33. The molecule has 0 radical (unpaired) electrons. The second kappa shape index (κ2) is 8.10. The summed E-state index contributed by atoms with van der Waals surface area (Å²) in [4.78, 5) is 25.7. The molecule has 2 aromatic carbocycles. The van der Waals surface area contributed by atoms with Crippen molar-refractivity contribution in [2.24, 2.45) is 0 Å². The predicted molar refractivity (Wildman–Crippen MR) is 104 cm³/mol. The standard InChI is InChI=1S/C19H21ClN4O2/c1-13(14-5-3-2-4-6-14)22-19(26)23-15-7-8-17(16(20)11-15)24-10-9-21-18(25)12-24/h2-8,11,13H,9-10,12H2,1H3,(H,21,25)(H2,22,23,26). The van der Waals surface area contributed by atoms with E-state index in [1.54, 1.807) is 12.1 Å². The summed E-state index contributed by atoms with van der Waals surface area (Å²) in [6.07, 6.45) is 0. The second-order valence-corrected chi connectivity index (χ2v) is 6.58. The van der Waals surface area contributed by atoms with Crippen molar-refractivity contribution >= 4 is 34.9 Å². The van der Waals surface area contributed by atoms with Gasteiger partial charge in [0.05, 0.1) is 23.3 Å². The van der Waals surface area contributed by atoms with E-state index in [0.717, 1.165) is 11.3 Å². The molecule has 0 saturated carbocycles. The third-order valence-electron chi connectivity index (χ3n) is 4.23. The molecule has 1 heterocycles. The van der Waals surface area contributed by atoms with Gasteiger partial charge >= 0.3 is 6.03 Å². The average molecular weight is 373 g/mol. The molecule has 2 aromatic rings. The second-order valence-electron chi connectivity index (χ2n) is 6.17. The molecule has 3 amide bonds. The van der Waals surface area contributed by atoms with Crippen molar-refractivity contribution in [3.8, 4) is 0 Å².